The highest BCUT2D eigenvalue weighted by Gasteiger charge is 2.53. The van der Waals surface area contributed by atoms with E-state index >= 15 is 0 Å². The summed E-state index contributed by atoms with van der Waals surface area (Å²) in [5.74, 6) is 1.58. The van der Waals surface area contributed by atoms with Gasteiger partial charge in [0.05, 0.1) is 0 Å². The van der Waals surface area contributed by atoms with Crippen molar-refractivity contribution in [2.75, 3.05) is 23.7 Å². The third kappa shape index (κ3) is 3.75. The zero-order chi connectivity index (χ0) is 22.1. The monoisotopic (exact) mass is 448 g/mol. The van der Waals surface area contributed by atoms with Gasteiger partial charge in [-0.15, -0.1) is 0 Å². The number of aromatic nitrogens is 1. The van der Waals surface area contributed by atoms with E-state index in [4.69, 9.17) is 22.1 Å². The van der Waals surface area contributed by atoms with Crippen LogP contribution in [0.25, 0.3) is 0 Å². The fourth-order valence-corrected chi connectivity index (χ4v) is 4.95. The third-order valence-electron chi connectivity index (χ3n) is 6.54. The average molecular weight is 449 g/mol. The normalized spacial score (nSPS) is 18.8. The van der Waals surface area contributed by atoms with E-state index in [1.54, 1.807) is 12.3 Å². The van der Waals surface area contributed by atoms with Crippen LogP contribution in [-0.4, -0.2) is 30.1 Å². The summed E-state index contributed by atoms with van der Waals surface area (Å²) in [6.45, 7) is 1.98. The zero-order valence-corrected chi connectivity index (χ0v) is 18.4. The second-order valence-corrected chi connectivity index (χ2v) is 8.87. The van der Waals surface area contributed by atoms with Crippen LogP contribution < -0.4 is 20.7 Å². The van der Waals surface area contributed by atoms with Crippen molar-refractivity contribution >= 4 is 29.0 Å². The van der Waals surface area contributed by atoms with Crippen molar-refractivity contribution < 1.29 is 9.53 Å². The Kier molecular flexibility index (Phi) is 5.39. The molecule has 1 atom stereocenters. The lowest BCUT2D eigenvalue weighted by Crippen LogP contribution is -2.54. The Bertz CT molecular complexity index is 1130. The van der Waals surface area contributed by atoms with E-state index in [1.807, 2.05) is 48.5 Å². The number of nitrogen functional groups attached to an aromatic ring is 1. The van der Waals surface area contributed by atoms with Gasteiger partial charge in [0.25, 0.3) is 5.91 Å². The number of ether oxygens (including phenoxy) is 1. The van der Waals surface area contributed by atoms with Crippen LogP contribution in [-0.2, 0) is 16.8 Å². The number of anilines is 2. The largest absolute Gasteiger partial charge is 0.479 e. The number of nitrogens with two attached hydrogens (primary N) is 1. The fourth-order valence-electron chi connectivity index (χ4n) is 4.82. The van der Waals surface area contributed by atoms with Crippen molar-refractivity contribution in [1.82, 2.24) is 10.3 Å². The van der Waals surface area contributed by atoms with Crippen LogP contribution >= 0.6 is 11.6 Å². The quantitative estimate of drug-likeness (QED) is 0.632. The molecular formula is C25H25ClN4O2. The number of nitrogens with one attached hydrogen (secondary N) is 1. The molecule has 0 saturated carbocycles. The first kappa shape index (κ1) is 20.6. The standard InChI is InChI=1S/C25H25ClN4O2/c26-18-7-5-17(6-8-18)16-29-24(31)23-25(20-3-1-2-4-21(20)32-23)10-13-30(14-11-25)22-15-19(27)9-12-28-22/h1-9,12,15,23H,10-11,13-14,16H2,(H2,27,28)(H,29,31). The molecule has 3 N–H and O–H groups in total. The first-order valence-corrected chi connectivity index (χ1v) is 11.2. The number of piperidine rings is 1. The summed E-state index contributed by atoms with van der Waals surface area (Å²) in [7, 11) is 0. The average Bonchev–Trinajstić information content (AvgIpc) is 3.13. The number of carbonyl (C=O) groups is 1. The molecule has 0 radical (unpaired) electrons. The summed E-state index contributed by atoms with van der Waals surface area (Å²) in [4.78, 5) is 20.0. The number of nitrogens with zero attached hydrogens (tertiary/aromatic N) is 2. The Hall–Kier alpha value is -3.25. The van der Waals surface area contributed by atoms with Gasteiger partial charge in [0.1, 0.15) is 11.6 Å². The maximum absolute atomic E-state index is 13.3. The molecule has 1 fully saturated rings. The van der Waals surface area contributed by atoms with Gasteiger partial charge in [-0.05, 0) is 42.7 Å². The van der Waals surface area contributed by atoms with E-state index in [2.05, 4.69) is 21.3 Å². The van der Waals surface area contributed by atoms with E-state index in [9.17, 15) is 4.79 Å². The predicted octanol–water partition coefficient (Wildman–Crippen LogP) is 3.93. The summed E-state index contributed by atoms with van der Waals surface area (Å²) in [6, 6.07) is 19.2. The molecule has 2 aromatic carbocycles. The minimum atomic E-state index is -0.567. The molecule has 0 bridgehead atoms. The Labute approximate surface area is 192 Å². The number of benzene rings is 2. The van der Waals surface area contributed by atoms with Gasteiger partial charge < -0.3 is 20.7 Å². The highest BCUT2D eigenvalue weighted by atomic mass is 35.5. The summed E-state index contributed by atoms with van der Waals surface area (Å²) in [5, 5.41) is 3.74. The molecule has 5 rings (SSSR count). The van der Waals surface area contributed by atoms with Crippen LogP contribution in [0.2, 0.25) is 5.02 Å². The van der Waals surface area contributed by atoms with E-state index in [0.29, 0.717) is 17.3 Å². The minimum absolute atomic E-state index is 0.0910. The van der Waals surface area contributed by atoms with Gasteiger partial charge in [-0.1, -0.05) is 41.9 Å². The fraction of sp³-hybridized carbons (Fsp3) is 0.280. The molecule has 2 aliphatic rings. The van der Waals surface area contributed by atoms with Gasteiger partial charge in [-0.2, -0.15) is 0 Å². The van der Waals surface area contributed by atoms with Crippen molar-refractivity contribution in [1.29, 1.82) is 0 Å². The number of rotatable bonds is 4. The van der Waals surface area contributed by atoms with Crippen molar-refractivity contribution in [2.45, 2.75) is 30.9 Å². The first-order valence-electron chi connectivity index (χ1n) is 10.8. The molecule has 1 saturated heterocycles. The maximum Gasteiger partial charge on any atom is 0.262 e. The minimum Gasteiger partial charge on any atom is -0.479 e. The van der Waals surface area contributed by atoms with Crippen molar-refractivity contribution in [2.24, 2.45) is 0 Å². The number of fused-ring (bicyclic) bond motifs is 2. The zero-order valence-electron chi connectivity index (χ0n) is 17.6. The number of hydrogen-bond acceptors (Lipinski definition) is 5. The lowest BCUT2D eigenvalue weighted by Gasteiger charge is -2.42. The smallest absolute Gasteiger partial charge is 0.262 e. The molecule has 164 valence electrons. The molecular weight excluding hydrogens is 424 g/mol. The summed E-state index contributed by atoms with van der Waals surface area (Å²) in [5.41, 5.74) is 8.40. The van der Waals surface area contributed by atoms with E-state index in [0.717, 1.165) is 48.6 Å². The van der Waals surface area contributed by atoms with Gasteiger partial charge in [-0.25, -0.2) is 4.98 Å². The molecule has 1 amide bonds. The molecule has 3 aromatic rings. The topological polar surface area (TPSA) is 80.5 Å². The van der Waals surface area contributed by atoms with Crippen LogP contribution in [0, 0.1) is 0 Å². The summed E-state index contributed by atoms with van der Waals surface area (Å²) >= 11 is 5.97. The van der Waals surface area contributed by atoms with Crippen molar-refractivity contribution in [3.63, 3.8) is 0 Å². The lowest BCUT2D eigenvalue weighted by atomic mass is 9.69. The van der Waals surface area contributed by atoms with Gasteiger partial charge >= 0.3 is 0 Å². The van der Waals surface area contributed by atoms with Crippen molar-refractivity contribution in [3.8, 4) is 5.75 Å². The van der Waals surface area contributed by atoms with Crippen molar-refractivity contribution in [3.05, 3.63) is 83.0 Å². The highest BCUT2D eigenvalue weighted by Crippen LogP contribution is 2.49. The first-order chi connectivity index (χ1) is 15.5. The summed E-state index contributed by atoms with van der Waals surface area (Å²) < 4.78 is 6.24. The van der Waals surface area contributed by atoms with Crippen LogP contribution in [0.3, 0.4) is 0 Å². The second-order valence-electron chi connectivity index (χ2n) is 8.43. The molecule has 7 heteroatoms. The van der Waals surface area contributed by atoms with Crippen LogP contribution in [0.1, 0.15) is 24.0 Å². The number of carbonyl (C=O) groups excluding carboxylic acids is 1. The van der Waals surface area contributed by atoms with Crippen LogP contribution in [0.5, 0.6) is 5.75 Å². The highest BCUT2D eigenvalue weighted by molar-refractivity contribution is 6.30. The molecule has 32 heavy (non-hydrogen) atoms. The Morgan fingerprint density at radius 3 is 2.66 bits per heavy atom. The lowest BCUT2D eigenvalue weighted by molar-refractivity contribution is -0.130. The van der Waals surface area contributed by atoms with E-state index < -0.39 is 6.10 Å². The number of pyridine rings is 1. The van der Waals surface area contributed by atoms with Crippen LogP contribution in [0.15, 0.2) is 66.9 Å². The molecule has 1 aromatic heterocycles. The Morgan fingerprint density at radius 2 is 1.91 bits per heavy atom. The van der Waals surface area contributed by atoms with Gasteiger partial charge in [0.2, 0.25) is 0 Å². The molecule has 6 nitrogen and oxygen atoms in total. The Balaban J connectivity index is 1.36. The van der Waals surface area contributed by atoms with E-state index in [1.165, 1.54) is 0 Å². The van der Waals surface area contributed by atoms with E-state index in [-0.39, 0.29) is 11.3 Å². The number of amides is 1. The molecule has 0 aliphatic carbocycles. The SMILES string of the molecule is Nc1ccnc(N2CCC3(CC2)c2ccccc2OC3C(=O)NCc2ccc(Cl)cc2)c1. The predicted molar refractivity (Wildman–Crippen MR) is 126 cm³/mol. The molecule has 3 heterocycles. The van der Waals surface area contributed by atoms with Gasteiger partial charge in [-0.3, -0.25) is 4.79 Å². The van der Waals surface area contributed by atoms with Gasteiger partial charge in [0, 0.05) is 53.6 Å². The molecule has 2 aliphatic heterocycles. The third-order valence-corrected chi connectivity index (χ3v) is 6.79. The number of para-hydroxylation sites is 1. The Morgan fingerprint density at radius 1 is 1.16 bits per heavy atom. The number of halogens is 1. The summed E-state index contributed by atoms with van der Waals surface area (Å²) in [6.07, 6.45) is 2.75. The van der Waals surface area contributed by atoms with Gasteiger partial charge in [0.15, 0.2) is 6.10 Å². The molecule has 1 spiro atoms. The second kappa shape index (κ2) is 8.36. The maximum atomic E-state index is 13.3. The van der Waals surface area contributed by atoms with Crippen LogP contribution in [0.4, 0.5) is 11.5 Å². The number of hydrogen-bond donors (Lipinski definition) is 2. The molecule has 1 unspecified atom stereocenters.